The molecule has 0 spiro atoms. The summed E-state index contributed by atoms with van der Waals surface area (Å²) >= 11 is 6.00. The van der Waals surface area contributed by atoms with Crippen molar-refractivity contribution >= 4 is 23.3 Å². The summed E-state index contributed by atoms with van der Waals surface area (Å²) in [6.07, 6.45) is 1.41. The maximum absolute atomic E-state index is 12.0. The minimum atomic E-state index is -0.567. The van der Waals surface area contributed by atoms with Gasteiger partial charge in [-0.3, -0.25) is 9.59 Å². The van der Waals surface area contributed by atoms with E-state index in [0.29, 0.717) is 18.8 Å². The molecule has 0 aromatic carbocycles. The van der Waals surface area contributed by atoms with Crippen molar-refractivity contribution in [1.82, 2.24) is 15.1 Å². The Bertz CT molecular complexity index is 557. The average Bonchev–Trinajstić information content (AvgIpc) is 2.52. The molecule has 1 aliphatic rings. The molecule has 8 nitrogen and oxygen atoms in total. The first-order valence-electron chi connectivity index (χ1n) is 6.50. The van der Waals surface area contributed by atoms with Gasteiger partial charge in [0.2, 0.25) is 0 Å². The first kappa shape index (κ1) is 15.7. The third-order valence-corrected chi connectivity index (χ3v) is 3.38. The second-order valence-electron chi connectivity index (χ2n) is 4.49. The Kier molecular flexibility index (Phi) is 5.54. The summed E-state index contributed by atoms with van der Waals surface area (Å²) in [5, 5.41) is 10.1. The number of esters is 1. The minimum Gasteiger partial charge on any atom is -0.468 e. The van der Waals surface area contributed by atoms with E-state index in [2.05, 4.69) is 20.5 Å². The Morgan fingerprint density at radius 1 is 1.71 bits per heavy atom. The van der Waals surface area contributed by atoms with Crippen LogP contribution in [0.25, 0.3) is 0 Å². The summed E-state index contributed by atoms with van der Waals surface area (Å²) in [7, 11) is 1.24. The van der Waals surface area contributed by atoms with Crippen molar-refractivity contribution in [2.24, 2.45) is 0 Å². The average molecular weight is 317 g/mol. The fraction of sp³-hybridized carbons (Fsp3) is 0.583. The molecular weight excluding hydrogens is 300 g/mol. The van der Waals surface area contributed by atoms with Gasteiger partial charge in [0, 0.05) is 19.6 Å². The van der Waals surface area contributed by atoms with Crippen LogP contribution in [-0.4, -0.2) is 55.2 Å². The van der Waals surface area contributed by atoms with E-state index in [-0.39, 0.29) is 17.7 Å². The molecule has 116 valence electrons. The molecule has 2 N–H and O–H groups in total. The van der Waals surface area contributed by atoms with Crippen molar-refractivity contribution in [1.29, 1.82) is 0 Å². The highest BCUT2D eigenvalue weighted by molar-refractivity contribution is 6.32. The summed E-state index contributed by atoms with van der Waals surface area (Å²) < 4.78 is 11.0. The largest absolute Gasteiger partial charge is 0.468 e. The van der Waals surface area contributed by atoms with Crippen molar-refractivity contribution in [3.05, 3.63) is 21.6 Å². The molecule has 0 amide bonds. The number of anilines is 1. The predicted molar refractivity (Wildman–Crippen MR) is 76.6 cm³/mol. The topological polar surface area (TPSA) is 94.5 Å². The molecule has 1 atom stereocenters. The van der Waals surface area contributed by atoms with Crippen molar-refractivity contribution in [3.8, 4) is 0 Å². The zero-order valence-electron chi connectivity index (χ0n) is 11.6. The molecule has 2 heterocycles. The number of ether oxygens (including phenoxy) is 2. The number of carbonyl (C=O) groups is 1. The molecule has 0 bridgehead atoms. The van der Waals surface area contributed by atoms with E-state index in [1.54, 1.807) is 0 Å². The van der Waals surface area contributed by atoms with Crippen LogP contribution >= 0.6 is 11.6 Å². The first-order chi connectivity index (χ1) is 10.1. The van der Waals surface area contributed by atoms with Gasteiger partial charge in [-0.25, -0.2) is 4.68 Å². The van der Waals surface area contributed by atoms with Crippen LogP contribution in [0.2, 0.25) is 5.02 Å². The molecule has 0 saturated carbocycles. The van der Waals surface area contributed by atoms with Gasteiger partial charge >= 0.3 is 5.97 Å². The van der Waals surface area contributed by atoms with Crippen LogP contribution in [0.4, 0.5) is 5.69 Å². The van der Waals surface area contributed by atoms with E-state index >= 15 is 0 Å². The maximum atomic E-state index is 12.0. The summed E-state index contributed by atoms with van der Waals surface area (Å²) in [5.74, 6) is -0.567. The lowest BCUT2D eigenvalue weighted by Crippen LogP contribution is -2.42. The monoisotopic (exact) mass is 316 g/mol. The Morgan fingerprint density at radius 3 is 3.19 bits per heavy atom. The number of methoxy groups -OCH3 is 1. The van der Waals surface area contributed by atoms with Crippen molar-refractivity contribution < 1.29 is 14.3 Å². The minimum absolute atomic E-state index is 0.00678. The molecule has 1 fully saturated rings. The number of nitrogens with one attached hydrogen (secondary N) is 2. The zero-order valence-corrected chi connectivity index (χ0v) is 12.4. The molecular formula is C12H17ClN4O4. The fourth-order valence-corrected chi connectivity index (χ4v) is 2.08. The van der Waals surface area contributed by atoms with Gasteiger partial charge in [0.15, 0.2) is 0 Å². The summed E-state index contributed by atoms with van der Waals surface area (Å²) in [6, 6.07) is 0. The van der Waals surface area contributed by atoms with Crippen LogP contribution in [0.15, 0.2) is 11.0 Å². The van der Waals surface area contributed by atoms with Gasteiger partial charge in [-0.1, -0.05) is 11.6 Å². The van der Waals surface area contributed by atoms with E-state index in [4.69, 9.17) is 16.3 Å². The van der Waals surface area contributed by atoms with Gasteiger partial charge in [-0.2, -0.15) is 5.10 Å². The predicted octanol–water partition coefficient (Wildman–Crippen LogP) is -0.530. The third-order valence-electron chi connectivity index (χ3n) is 3.02. The third kappa shape index (κ3) is 4.16. The van der Waals surface area contributed by atoms with Gasteiger partial charge in [0.25, 0.3) is 5.56 Å². The van der Waals surface area contributed by atoms with Gasteiger partial charge in [0.1, 0.15) is 11.6 Å². The molecule has 1 aliphatic heterocycles. The lowest BCUT2D eigenvalue weighted by Gasteiger charge is -2.24. The standard InChI is InChI=1S/C12H17ClN4O4/c1-20-10(18)7-17-12(19)11(13)9(6-16-17)15-5-8-4-14-2-3-21-8/h6,8,14-15H,2-5,7H2,1H3. The summed E-state index contributed by atoms with van der Waals surface area (Å²) in [6.45, 7) is 2.46. The normalized spacial score (nSPS) is 18.3. The lowest BCUT2D eigenvalue weighted by molar-refractivity contribution is -0.141. The Labute approximate surface area is 126 Å². The smallest absolute Gasteiger partial charge is 0.327 e. The molecule has 0 aliphatic carbocycles. The highest BCUT2D eigenvalue weighted by Gasteiger charge is 2.16. The van der Waals surface area contributed by atoms with E-state index in [1.165, 1.54) is 13.3 Å². The maximum Gasteiger partial charge on any atom is 0.327 e. The molecule has 1 unspecified atom stereocenters. The number of nitrogens with zero attached hydrogens (tertiary/aromatic N) is 2. The molecule has 1 aromatic rings. The molecule has 1 saturated heterocycles. The van der Waals surface area contributed by atoms with Gasteiger partial charge in [-0.05, 0) is 0 Å². The Morgan fingerprint density at radius 2 is 2.52 bits per heavy atom. The molecule has 9 heteroatoms. The number of morpholine rings is 1. The van der Waals surface area contributed by atoms with Crippen LogP contribution in [-0.2, 0) is 20.8 Å². The fourth-order valence-electron chi connectivity index (χ4n) is 1.86. The van der Waals surface area contributed by atoms with Crippen LogP contribution in [0.5, 0.6) is 0 Å². The number of aromatic nitrogens is 2. The number of rotatable bonds is 5. The van der Waals surface area contributed by atoms with Gasteiger partial charge < -0.3 is 20.1 Å². The van der Waals surface area contributed by atoms with E-state index in [0.717, 1.165) is 17.8 Å². The first-order valence-corrected chi connectivity index (χ1v) is 6.88. The summed E-state index contributed by atoms with van der Waals surface area (Å²) in [5.41, 5.74) is -0.133. The van der Waals surface area contributed by atoms with Crippen LogP contribution in [0, 0.1) is 0 Å². The van der Waals surface area contributed by atoms with E-state index < -0.39 is 11.5 Å². The van der Waals surface area contributed by atoms with Crippen molar-refractivity contribution in [2.75, 3.05) is 38.7 Å². The SMILES string of the molecule is COC(=O)Cn1ncc(NCC2CNCCO2)c(Cl)c1=O. The molecule has 0 radical (unpaired) electrons. The number of hydrogen-bond donors (Lipinski definition) is 2. The number of halogens is 1. The lowest BCUT2D eigenvalue weighted by atomic mass is 10.3. The second-order valence-corrected chi connectivity index (χ2v) is 4.87. The van der Waals surface area contributed by atoms with E-state index in [9.17, 15) is 9.59 Å². The molecule has 1 aromatic heterocycles. The highest BCUT2D eigenvalue weighted by Crippen LogP contribution is 2.15. The quantitative estimate of drug-likeness (QED) is 0.705. The molecule has 2 rings (SSSR count). The van der Waals surface area contributed by atoms with E-state index in [1.807, 2.05) is 0 Å². The Balaban J connectivity index is 2.02. The Hall–Kier alpha value is -1.64. The summed E-state index contributed by atoms with van der Waals surface area (Å²) in [4.78, 5) is 23.1. The second kappa shape index (κ2) is 7.39. The highest BCUT2D eigenvalue weighted by atomic mass is 35.5. The number of carbonyl (C=O) groups excluding carboxylic acids is 1. The van der Waals surface area contributed by atoms with Crippen molar-refractivity contribution in [3.63, 3.8) is 0 Å². The van der Waals surface area contributed by atoms with Crippen LogP contribution in [0.3, 0.4) is 0 Å². The van der Waals surface area contributed by atoms with Crippen LogP contribution in [0.1, 0.15) is 0 Å². The van der Waals surface area contributed by atoms with Gasteiger partial charge in [-0.15, -0.1) is 0 Å². The van der Waals surface area contributed by atoms with Crippen molar-refractivity contribution in [2.45, 2.75) is 12.6 Å². The number of hydrogen-bond acceptors (Lipinski definition) is 7. The van der Waals surface area contributed by atoms with Gasteiger partial charge in [0.05, 0.1) is 31.7 Å². The van der Waals surface area contributed by atoms with Crippen LogP contribution < -0.4 is 16.2 Å². The zero-order chi connectivity index (χ0) is 15.2. The molecule has 21 heavy (non-hydrogen) atoms.